The lowest BCUT2D eigenvalue weighted by atomic mass is 10.1. The Bertz CT molecular complexity index is 439. The van der Waals surface area contributed by atoms with Crippen molar-refractivity contribution >= 4 is 11.8 Å². The normalized spacial score (nSPS) is 14.1. The topological polar surface area (TPSA) is 72.6 Å². The van der Waals surface area contributed by atoms with Crippen molar-refractivity contribution in [2.75, 3.05) is 13.2 Å². The Morgan fingerprint density at radius 3 is 2.11 bits per heavy atom. The first-order chi connectivity index (χ1) is 9.25. The lowest BCUT2D eigenvalue weighted by Crippen LogP contribution is -2.30. The third-order valence-corrected chi connectivity index (χ3v) is 3.27. The molecule has 2 rings (SSSR count). The average molecular weight is 262 g/mol. The summed E-state index contributed by atoms with van der Waals surface area (Å²) in [6.07, 6.45) is 3.66. The standard InChI is InChI=1S/C14H18N2O3/c15-19-10-6-2-1-5-9-16-13(17)11-7-3-4-8-12(11)14(16)18/h3-4,7-8H,1-2,5-6,9-10,15H2. The summed E-state index contributed by atoms with van der Waals surface area (Å²) < 4.78 is 0. The number of hydrogen-bond donors (Lipinski definition) is 1. The third-order valence-electron chi connectivity index (χ3n) is 3.27. The fourth-order valence-electron chi connectivity index (χ4n) is 2.25. The molecule has 0 saturated heterocycles. The van der Waals surface area contributed by atoms with Crippen molar-refractivity contribution in [3.05, 3.63) is 35.4 Å². The molecular formula is C14H18N2O3. The van der Waals surface area contributed by atoms with Gasteiger partial charge in [-0.1, -0.05) is 25.0 Å². The molecule has 102 valence electrons. The SMILES string of the molecule is NOCCCCCCN1C(=O)c2ccccc2C1=O. The number of hydrogen-bond acceptors (Lipinski definition) is 4. The van der Waals surface area contributed by atoms with Crippen LogP contribution >= 0.6 is 0 Å². The third kappa shape index (κ3) is 3.00. The fraction of sp³-hybridized carbons (Fsp3) is 0.429. The number of fused-ring (bicyclic) bond motifs is 1. The molecule has 0 atom stereocenters. The fourth-order valence-corrected chi connectivity index (χ4v) is 2.25. The van der Waals surface area contributed by atoms with Gasteiger partial charge in [-0.15, -0.1) is 0 Å². The van der Waals surface area contributed by atoms with Crippen molar-refractivity contribution in [3.63, 3.8) is 0 Å². The Labute approximate surface area is 112 Å². The Hall–Kier alpha value is -1.72. The smallest absolute Gasteiger partial charge is 0.261 e. The molecule has 1 heterocycles. The zero-order valence-electron chi connectivity index (χ0n) is 10.8. The quantitative estimate of drug-likeness (QED) is 0.461. The van der Waals surface area contributed by atoms with Gasteiger partial charge in [-0.2, -0.15) is 0 Å². The number of imide groups is 1. The van der Waals surface area contributed by atoms with E-state index < -0.39 is 0 Å². The number of nitrogens with zero attached hydrogens (tertiary/aromatic N) is 1. The molecule has 0 aromatic heterocycles. The summed E-state index contributed by atoms with van der Waals surface area (Å²) in [7, 11) is 0. The van der Waals surface area contributed by atoms with Gasteiger partial charge in [0.25, 0.3) is 11.8 Å². The van der Waals surface area contributed by atoms with E-state index in [9.17, 15) is 9.59 Å². The van der Waals surface area contributed by atoms with Crippen molar-refractivity contribution in [1.29, 1.82) is 0 Å². The maximum atomic E-state index is 12.0. The van der Waals surface area contributed by atoms with Gasteiger partial charge in [-0.25, -0.2) is 5.90 Å². The number of unbranched alkanes of at least 4 members (excludes halogenated alkanes) is 3. The highest BCUT2D eigenvalue weighted by Gasteiger charge is 2.34. The van der Waals surface area contributed by atoms with E-state index in [1.54, 1.807) is 24.3 Å². The van der Waals surface area contributed by atoms with E-state index in [1.165, 1.54) is 4.90 Å². The van der Waals surface area contributed by atoms with Crippen LogP contribution in [0.3, 0.4) is 0 Å². The summed E-state index contributed by atoms with van der Waals surface area (Å²) in [5.41, 5.74) is 1.04. The Balaban J connectivity index is 1.83. The van der Waals surface area contributed by atoms with E-state index in [4.69, 9.17) is 5.90 Å². The summed E-state index contributed by atoms with van der Waals surface area (Å²) in [5.74, 6) is 4.58. The van der Waals surface area contributed by atoms with Gasteiger partial charge >= 0.3 is 0 Å². The van der Waals surface area contributed by atoms with Crippen LogP contribution in [0.15, 0.2) is 24.3 Å². The molecule has 19 heavy (non-hydrogen) atoms. The van der Waals surface area contributed by atoms with Crippen LogP contribution < -0.4 is 5.90 Å². The highest BCUT2D eigenvalue weighted by atomic mass is 16.6. The highest BCUT2D eigenvalue weighted by molar-refractivity contribution is 6.21. The summed E-state index contributed by atoms with van der Waals surface area (Å²) in [4.78, 5) is 29.9. The second-order valence-corrected chi connectivity index (χ2v) is 4.59. The van der Waals surface area contributed by atoms with Gasteiger partial charge in [-0.05, 0) is 25.0 Å². The molecule has 0 bridgehead atoms. The molecule has 5 heteroatoms. The van der Waals surface area contributed by atoms with Crippen molar-refractivity contribution in [1.82, 2.24) is 4.90 Å². The molecule has 0 radical (unpaired) electrons. The Morgan fingerprint density at radius 2 is 1.53 bits per heavy atom. The minimum Gasteiger partial charge on any atom is -0.305 e. The van der Waals surface area contributed by atoms with Crippen LogP contribution in [0, 0.1) is 0 Å². The van der Waals surface area contributed by atoms with E-state index in [0.717, 1.165) is 25.7 Å². The summed E-state index contributed by atoms with van der Waals surface area (Å²) in [5, 5.41) is 0. The van der Waals surface area contributed by atoms with Gasteiger partial charge in [0, 0.05) is 6.54 Å². The van der Waals surface area contributed by atoms with E-state index in [0.29, 0.717) is 24.3 Å². The summed E-state index contributed by atoms with van der Waals surface area (Å²) >= 11 is 0. The first-order valence-corrected chi connectivity index (χ1v) is 6.52. The lowest BCUT2D eigenvalue weighted by Gasteiger charge is -2.13. The van der Waals surface area contributed by atoms with Crippen LogP contribution in [0.5, 0.6) is 0 Å². The van der Waals surface area contributed by atoms with Crippen LogP contribution in [-0.4, -0.2) is 29.9 Å². The first-order valence-electron chi connectivity index (χ1n) is 6.52. The average Bonchev–Trinajstić information content (AvgIpc) is 2.68. The molecule has 0 aliphatic carbocycles. The monoisotopic (exact) mass is 262 g/mol. The van der Waals surface area contributed by atoms with E-state index in [1.807, 2.05) is 0 Å². The molecule has 1 aliphatic rings. The maximum Gasteiger partial charge on any atom is 0.261 e. The molecule has 0 saturated carbocycles. The van der Waals surface area contributed by atoms with Crippen molar-refractivity contribution in [2.45, 2.75) is 25.7 Å². The van der Waals surface area contributed by atoms with Crippen LogP contribution in [-0.2, 0) is 4.84 Å². The first kappa shape index (κ1) is 13.7. The number of nitrogens with two attached hydrogens (primary N) is 1. The molecule has 2 amide bonds. The second kappa shape index (κ2) is 6.45. The van der Waals surface area contributed by atoms with Crippen LogP contribution in [0.4, 0.5) is 0 Å². The lowest BCUT2D eigenvalue weighted by molar-refractivity contribution is 0.0651. The van der Waals surface area contributed by atoms with Gasteiger partial charge in [-0.3, -0.25) is 14.5 Å². The van der Waals surface area contributed by atoms with Crippen molar-refractivity contribution < 1.29 is 14.4 Å². The van der Waals surface area contributed by atoms with Gasteiger partial charge in [0.05, 0.1) is 17.7 Å². The molecule has 0 spiro atoms. The van der Waals surface area contributed by atoms with Crippen LogP contribution in [0.25, 0.3) is 0 Å². The van der Waals surface area contributed by atoms with E-state index >= 15 is 0 Å². The summed E-state index contributed by atoms with van der Waals surface area (Å²) in [6.45, 7) is 1.03. The maximum absolute atomic E-state index is 12.0. The van der Waals surface area contributed by atoms with E-state index in [-0.39, 0.29) is 11.8 Å². The van der Waals surface area contributed by atoms with Crippen LogP contribution in [0.1, 0.15) is 46.4 Å². The molecule has 0 fully saturated rings. The summed E-state index contributed by atoms with van der Waals surface area (Å²) in [6, 6.07) is 6.96. The molecule has 0 unspecified atom stereocenters. The van der Waals surface area contributed by atoms with Gasteiger partial charge in [0.15, 0.2) is 0 Å². The number of benzene rings is 1. The Morgan fingerprint density at radius 1 is 0.947 bits per heavy atom. The number of rotatable bonds is 7. The minimum absolute atomic E-state index is 0.175. The van der Waals surface area contributed by atoms with E-state index in [2.05, 4.69) is 4.84 Å². The van der Waals surface area contributed by atoms with Gasteiger partial charge in [0.1, 0.15) is 0 Å². The molecule has 2 N–H and O–H groups in total. The predicted octanol–water partition coefficient (Wildman–Crippen LogP) is 1.73. The minimum atomic E-state index is -0.175. The van der Waals surface area contributed by atoms with Crippen molar-refractivity contribution in [3.8, 4) is 0 Å². The van der Waals surface area contributed by atoms with Crippen LogP contribution in [0.2, 0.25) is 0 Å². The number of carbonyl (C=O) groups is 2. The highest BCUT2D eigenvalue weighted by Crippen LogP contribution is 2.22. The molecule has 1 aliphatic heterocycles. The largest absolute Gasteiger partial charge is 0.305 e. The van der Waals surface area contributed by atoms with Gasteiger partial charge < -0.3 is 4.84 Å². The molecule has 1 aromatic carbocycles. The van der Waals surface area contributed by atoms with Crippen molar-refractivity contribution in [2.24, 2.45) is 5.90 Å². The molecule has 5 nitrogen and oxygen atoms in total. The predicted molar refractivity (Wildman–Crippen MR) is 70.4 cm³/mol. The molecular weight excluding hydrogens is 244 g/mol. The Kier molecular flexibility index (Phi) is 4.65. The second-order valence-electron chi connectivity index (χ2n) is 4.59. The number of carbonyl (C=O) groups excluding carboxylic acids is 2. The van der Waals surface area contributed by atoms with Gasteiger partial charge in [0.2, 0.25) is 0 Å². The molecule has 1 aromatic rings. The number of amides is 2. The zero-order chi connectivity index (χ0) is 13.7. The zero-order valence-corrected chi connectivity index (χ0v) is 10.8.